The van der Waals surface area contributed by atoms with Crippen molar-refractivity contribution in [3.8, 4) is 0 Å². The summed E-state index contributed by atoms with van der Waals surface area (Å²) in [5.74, 6) is 0. The molecule has 1 fully saturated rings. The molecule has 1 heterocycles. The molecule has 12 heavy (non-hydrogen) atoms. The molecule has 0 saturated carbocycles. The van der Waals surface area contributed by atoms with Crippen LogP contribution in [0.2, 0.25) is 0 Å². The van der Waals surface area contributed by atoms with Crippen LogP contribution in [0.15, 0.2) is 0 Å². The van der Waals surface area contributed by atoms with E-state index in [1.165, 1.54) is 12.7 Å². The molecule has 0 bridgehead atoms. The van der Waals surface area contributed by atoms with Crippen LogP contribution in [-0.2, 0) is 10.0 Å². The molecule has 3 nitrogen and oxygen atoms in total. The van der Waals surface area contributed by atoms with Crippen LogP contribution in [0.4, 0.5) is 0 Å². The maximum atomic E-state index is 11.3. The second-order valence-corrected chi connectivity index (χ2v) is 5.99. The Balaban J connectivity index is 2.72. The lowest BCUT2D eigenvalue weighted by Crippen LogP contribution is -2.43. The molecule has 72 valence electrons. The number of piperidine rings is 1. The lowest BCUT2D eigenvalue weighted by Gasteiger charge is -2.32. The molecule has 0 spiro atoms. The maximum Gasteiger partial charge on any atom is 0.211 e. The minimum absolute atomic E-state index is 0.245. The fraction of sp³-hybridized carbons (Fsp3) is 1.00. The van der Waals surface area contributed by atoms with Crippen molar-refractivity contribution in [2.24, 2.45) is 0 Å². The molecule has 0 radical (unpaired) electrons. The van der Waals surface area contributed by atoms with Gasteiger partial charge in [0.1, 0.15) is 0 Å². The van der Waals surface area contributed by atoms with Gasteiger partial charge in [0.05, 0.1) is 6.26 Å². The lowest BCUT2D eigenvalue weighted by atomic mass is 10.1. The molecular formula is C7H14INO2S. The molecule has 5 heteroatoms. The Labute approximate surface area is 87.7 Å². The fourth-order valence-corrected chi connectivity index (χ4v) is 3.93. The van der Waals surface area contributed by atoms with Crippen LogP contribution < -0.4 is 0 Å². The minimum atomic E-state index is -2.96. The molecule has 0 N–H and O–H groups in total. The van der Waals surface area contributed by atoms with Gasteiger partial charge in [0.25, 0.3) is 0 Å². The molecule has 0 aromatic heterocycles. The van der Waals surface area contributed by atoms with Gasteiger partial charge in [-0.25, -0.2) is 8.42 Å². The van der Waals surface area contributed by atoms with Gasteiger partial charge in [0.2, 0.25) is 10.0 Å². The number of hydrogen-bond donors (Lipinski definition) is 0. The van der Waals surface area contributed by atoms with E-state index in [1.54, 1.807) is 4.31 Å². The number of rotatable bonds is 2. The normalized spacial score (nSPS) is 27.3. The smallest absolute Gasteiger partial charge is 0.211 e. The highest BCUT2D eigenvalue weighted by Gasteiger charge is 2.27. The molecule has 0 aliphatic carbocycles. The van der Waals surface area contributed by atoms with Crippen LogP contribution >= 0.6 is 22.6 Å². The van der Waals surface area contributed by atoms with Gasteiger partial charge in [-0.15, -0.1) is 0 Å². The van der Waals surface area contributed by atoms with E-state index in [-0.39, 0.29) is 6.04 Å². The highest BCUT2D eigenvalue weighted by molar-refractivity contribution is 14.1. The van der Waals surface area contributed by atoms with Crippen molar-refractivity contribution in [3.05, 3.63) is 0 Å². The van der Waals surface area contributed by atoms with Gasteiger partial charge in [0, 0.05) is 17.0 Å². The third-order valence-electron chi connectivity index (χ3n) is 2.18. The monoisotopic (exact) mass is 303 g/mol. The Bertz CT molecular complexity index is 240. The topological polar surface area (TPSA) is 37.4 Å². The van der Waals surface area contributed by atoms with Crippen molar-refractivity contribution in [3.63, 3.8) is 0 Å². The maximum absolute atomic E-state index is 11.3. The summed E-state index contributed by atoms with van der Waals surface area (Å²) >= 11 is 2.26. The van der Waals surface area contributed by atoms with Gasteiger partial charge in [-0.2, -0.15) is 4.31 Å². The molecule has 0 amide bonds. The Kier molecular flexibility index (Phi) is 3.78. The van der Waals surface area contributed by atoms with Crippen LogP contribution in [0.25, 0.3) is 0 Å². The van der Waals surface area contributed by atoms with Crippen LogP contribution in [-0.4, -0.2) is 36.0 Å². The van der Waals surface area contributed by atoms with Gasteiger partial charge in [-0.3, -0.25) is 0 Å². The zero-order valence-corrected chi connectivity index (χ0v) is 10.1. The van der Waals surface area contributed by atoms with Crippen molar-refractivity contribution in [1.82, 2.24) is 4.31 Å². The van der Waals surface area contributed by atoms with Gasteiger partial charge in [-0.05, 0) is 12.8 Å². The average Bonchev–Trinajstić information content (AvgIpc) is 2.03. The third kappa shape index (κ3) is 2.56. The fourth-order valence-electron chi connectivity index (χ4n) is 1.56. The predicted molar refractivity (Wildman–Crippen MR) is 58.1 cm³/mol. The molecule has 1 aliphatic rings. The van der Waals surface area contributed by atoms with E-state index < -0.39 is 10.0 Å². The molecule has 0 aromatic carbocycles. The first-order chi connectivity index (χ1) is 5.55. The van der Waals surface area contributed by atoms with E-state index in [1.807, 2.05) is 0 Å². The van der Waals surface area contributed by atoms with E-state index >= 15 is 0 Å². The standard InChI is InChI=1S/C7H14INO2S/c1-12(10,11)9-5-3-2-4-7(9)6-8/h7H,2-6H2,1H3. The summed E-state index contributed by atoms with van der Waals surface area (Å²) in [6.07, 6.45) is 4.51. The lowest BCUT2D eigenvalue weighted by molar-refractivity contribution is 0.277. The number of hydrogen-bond acceptors (Lipinski definition) is 2. The number of alkyl halides is 1. The Morgan fingerprint density at radius 1 is 1.50 bits per heavy atom. The number of sulfonamides is 1. The first-order valence-corrected chi connectivity index (χ1v) is 7.46. The molecule has 0 aromatic rings. The summed E-state index contributed by atoms with van der Waals surface area (Å²) in [7, 11) is -2.96. The van der Waals surface area contributed by atoms with E-state index in [4.69, 9.17) is 0 Å². The minimum Gasteiger partial charge on any atom is -0.212 e. The number of halogens is 1. The summed E-state index contributed by atoms with van der Waals surface area (Å²) < 4.78 is 25.1. The zero-order valence-electron chi connectivity index (χ0n) is 7.16. The highest BCUT2D eigenvalue weighted by atomic mass is 127. The SMILES string of the molecule is CS(=O)(=O)N1CCCCC1CI. The Morgan fingerprint density at radius 2 is 2.17 bits per heavy atom. The van der Waals surface area contributed by atoms with Crippen molar-refractivity contribution >= 4 is 32.6 Å². The third-order valence-corrected chi connectivity index (χ3v) is 4.53. The van der Waals surface area contributed by atoms with Crippen LogP contribution in [0.1, 0.15) is 19.3 Å². The quantitative estimate of drug-likeness (QED) is 0.568. The average molecular weight is 303 g/mol. The van der Waals surface area contributed by atoms with Gasteiger partial charge in [0.15, 0.2) is 0 Å². The molecule has 1 atom stereocenters. The highest BCUT2D eigenvalue weighted by Crippen LogP contribution is 2.20. The number of nitrogens with zero attached hydrogens (tertiary/aromatic N) is 1. The van der Waals surface area contributed by atoms with Crippen molar-refractivity contribution in [1.29, 1.82) is 0 Å². The van der Waals surface area contributed by atoms with E-state index in [9.17, 15) is 8.42 Å². The van der Waals surface area contributed by atoms with Crippen molar-refractivity contribution < 1.29 is 8.42 Å². The first kappa shape index (κ1) is 10.7. The summed E-state index contributed by atoms with van der Waals surface area (Å²) in [6.45, 7) is 0.715. The van der Waals surface area contributed by atoms with E-state index in [0.717, 1.165) is 17.3 Å². The van der Waals surface area contributed by atoms with Crippen molar-refractivity contribution in [2.75, 3.05) is 17.2 Å². The molecule has 1 aliphatic heterocycles. The zero-order chi connectivity index (χ0) is 9.19. The molecule has 1 saturated heterocycles. The molecular weight excluding hydrogens is 289 g/mol. The summed E-state index contributed by atoms with van der Waals surface area (Å²) in [6, 6.07) is 0.245. The van der Waals surface area contributed by atoms with E-state index in [0.29, 0.717) is 6.54 Å². The van der Waals surface area contributed by atoms with Gasteiger partial charge >= 0.3 is 0 Å². The second-order valence-electron chi connectivity index (χ2n) is 3.18. The predicted octanol–water partition coefficient (Wildman–Crippen LogP) is 1.24. The van der Waals surface area contributed by atoms with E-state index in [2.05, 4.69) is 22.6 Å². The summed E-state index contributed by atoms with van der Waals surface area (Å²) in [4.78, 5) is 0. The largest absolute Gasteiger partial charge is 0.212 e. The molecule has 1 rings (SSSR count). The van der Waals surface area contributed by atoms with Crippen molar-refractivity contribution in [2.45, 2.75) is 25.3 Å². The van der Waals surface area contributed by atoms with Crippen LogP contribution in [0.5, 0.6) is 0 Å². The van der Waals surface area contributed by atoms with Gasteiger partial charge in [-0.1, -0.05) is 29.0 Å². The molecule has 1 unspecified atom stereocenters. The Hall–Kier alpha value is 0.640. The first-order valence-electron chi connectivity index (χ1n) is 4.08. The van der Waals surface area contributed by atoms with Gasteiger partial charge < -0.3 is 0 Å². The summed E-state index contributed by atoms with van der Waals surface area (Å²) in [5, 5.41) is 0. The van der Waals surface area contributed by atoms with Crippen LogP contribution in [0, 0.1) is 0 Å². The Morgan fingerprint density at radius 3 is 2.58 bits per heavy atom. The second kappa shape index (κ2) is 4.23. The summed E-state index contributed by atoms with van der Waals surface area (Å²) in [5.41, 5.74) is 0. The van der Waals surface area contributed by atoms with Crippen LogP contribution in [0.3, 0.4) is 0 Å².